The van der Waals surface area contributed by atoms with Crippen LogP contribution in [0.4, 0.5) is 0 Å². The Balaban J connectivity index is 0.000000252. The maximum absolute atomic E-state index is 11.8. The summed E-state index contributed by atoms with van der Waals surface area (Å²) in [4.78, 5) is 43.7. The van der Waals surface area contributed by atoms with Gasteiger partial charge in [0, 0.05) is 29.3 Å². The lowest BCUT2D eigenvalue weighted by molar-refractivity contribution is -0.154. The number of hydrogen-bond acceptors (Lipinski definition) is 11. The van der Waals surface area contributed by atoms with Gasteiger partial charge >= 0.3 is 18.6 Å². The molecule has 4 aromatic carbocycles. The van der Waals surface area contributed by atoms with E-state index < -0.39 is 38.3 Å². The van der Waals surface area contributed by atoms with Crippen LogP contribution in [-0.4, -0.2) is 57.7 Å². The lowest BCUT2D eigenvalue weighted by atomic mass is 9.81. The number of aryl methyl sites for hydroxylation is 1. The monoisotopic (exact) mass is 1080 g/mol. The van der Waals surface area contributed by atoms with Gasteiger partial charge in [-0.15, -0.1) is 0 Å². The number of halogens is 2. The Labute approximate surface area is 436 Å². The molecule has 0 bridgehead atoms. The van der Waals surface area contributed by atoms with Crippen molar-refractivity contribution >= 4 is 67.9 Å². The first-order chi connectivity index (χ1) is 33.0. The minimum Gasteiger partial charge on any atom is -0.480 e. The van der Waals surface area contributed by atoms with Crippen LogP contribution in [0, 0.1) is 5.92 Å². The molecule has 13 nitrogen and oxygen atoms in total. The van der Waals surface area contributed by atoms with E-state index in [1.807, 2.05) is 60.7 Å². The second kappa shape index (κ2) is 26.5. The summed E-state index contributed by atoms with van der Waals surface area (Å²) >= 11 is 17.3. The number of carboxylic acid groups (broad SMARTS) is 2. The first-order valence-electron chi connectivity index (χ1n) is 23.4. The number of aliphatic carboxylic acids is 2. The van der Waals surface area contributed by atoms with Gasteiger partial charge < -0.3 is 38.5 Å². The highest BCUT2D eigenvalue weighted by molar-refractivity contribution is 8.09. The van der Waals surface area contributed by atoms with Crippen molar-refractivity contribution in [1.82, 2.24) is 5.09 Å². The highest BCUT2D eigenvalue weighted by Crippen LogP contribution is 2.49. The van der Waals surface area contributed by atoms with Gasteiger partial charge in [-0.25, -0.2) is 15.1 Å². The van der Waals surface area contributed by atoms with Crippen LogP contribution >= 0.6 is 38.4 Å². The van der Waals surface area contributed by atoms with Crippen LogP contribution in [0.25, 0.3) is 11.1 Å². The number of ketones is 1. The number of carbonyl (C=O) groups is 3. The highest BCUT2D eigenvalue weighted by atomic mass is 35.5. The normalized spacial score (nSPS) is 18.0. The van der Waals surface area contributed by atoms with Crippen LogP contribution < -0.4 is 15.1 Å². The average Bonchev–Trinajstić information content (AvgIpc) is 3.57. The number of hydrogen-bond donors (Lipinski definition) is 6. The maximum Gasteiger partial charge on any atom is 0.371 e. The summed E-state index contributed by atoms with van der Waals surface area (Å²) in [6.45, 7) is 18.0. The van der Waals surface area contributed by atoms with Gasteiger partial charge in [-0.05, 0) is 114 Å². The van der Waals surface area contributed by atoms with Gasteiger partial charge in [0.25, 0.3) is 8.53 Å². The van der Waals surface area contributed by atoms with Crippen LogP contribution in [0.15, 0.2) is 90.7 Å². The number of aliphatic hydroxyl groups is 1. The standard InChI is InChI=1S/C18H18O3.C12H19ClNO2P.C12H18O4.C11H17ClNO2PS/c1-2-3-7-12-8-6-10-14-13-9-4-5-11-15(13)18(21,16(12)14)17(19)20;1-12(2,3)10-6-5-9(11(13)7-10)8-16-17(15)14-4;1-4-5-6-8-9(13)7-10(11(14)15)16-12(8,2)3;1-11(2,3)8-5-6-10(9(12)7-8)15-16(13,17)14-4/h4-6,8-11,21H,2-3,7H2,1H3,(H,19,20);5-7,14-15H,8H2,1-4H3;7-8H,4-6H2,1-3H3,(H,14,15);5-7H,1-4H3,(H2,13,17). The van der Waals surface area contributed by atoms with Crippen molar-refractivity contribution in [2.45, 2.75) is 136 Å². The number of unbranched alkanes of at least 4 members (excludes halogenated alkanes) is 2. The predicted molar refractivity (Wildman–Crippen MR) is 289 cm³/mol. The van der Waals surface area contributed by atoms with Crippen molar-refractivity contribution in [3.05, 3.63) is 134 Å². The molecule has 1 aliphatic carbocycles. The van der Waals surface area contributed by atoms with E-state index in [0.29, 0.717) is 33.5 Å². The van der Waals surface area contributed by atoms with Crippen molar-refractivity contribution in [2.75, 3.05) is 14.2 Å². The van der Waals surface area contributed by atoms with E-state index in [0.717, 1.165) is 72.4 Å². The van der Waals surface area contributed by atoms with E-state index in [1.54, 1.807) is 39.1 Å². The molecular formula is C53H72Cl2N2O11P2S. The molecule has 2 aliphatic rings. The van der Waals surface area contributed by atoms with Crippen LogP contribution in [-0.2, 0) is 69.4 Å². The fourth-order valence-corrected chi connectivity index (χ4v) is 9.37. The van der Waals surface area contributed by atoms with Crippen molar-refractivity contribution in [2.24, 2.45) is 11.4 Å². The van der Waals surface area contributed by atoms with Gasteiger partial charge in [-0.3, -0.25) is 9.88 Å². The zero-order valence-electron chi connectivity index (χ0n) is 42.9. The number of carbonyl (C=O) groups excluding carboxylic acids is 1. The largest absolute Gasteiger partial charge is 0.480 e. The van der Waals surface area contributed by atoms with E-state index in [2.05, 4.69) is 60.5 Å². The summed E-state index contributed by atoms with van der Waals surface area (Å²) in [6, 6.07) is 24.5. The zero-order chi connectivity index (χ0) is 53.7. The molecule has 1 heterocycles. The Morgan fingerprint density at radius 2 is 1.45 bits per heavy atom. The van der Waals surface area contributed by atoms with Crippen LogP contribution in [0.3, 0.4) is 0 Å². The summed E-state index contributed by atoms with van der Waals surface area (Å²) in [7, 11) is 1.52. The minimum absolute atomic E-state index is 0.0341. The molecule has 18 heteroatoms. The highest BCUT2D eigenvalue weighted by Gasteiger charge is 2.49. The molecule has 1 aliphatic heterocycles. The maximum atomic E-state index is 11.8. The number of fused-ring (bicyclic) bond motifs is 3. The van der Waals surface area contributed by atoms with Crippen LogP contribution in [0.5, 0.6) is 5.75 Å². The predicted octanol–water partition coefficient (Wildman–Crippen LogP) is 12.9. The molecule has 4 unspecified atom stereocenters. The molecule has 0 radical (unpaired) electrons. The van der Waals surface area contributed by atoms with Gasteiger partial charge in [0.2, 0.25) is 11.4 Å². The second-order valence-corrected chi connectivity index (χ2v) is 24.9. The summed E-state index contributed by atoms with van der Waals surface area (Å²) < 4.78 is 20.9. The molecule has 0 saturated heterocycles. The van der Waals surface area contributed by atoms with Crippen LogP contribution in [0.2, 0.25) is 10.0 Å². The summed E-state index contributed by atoms with van der Waals surface area (Å²) in [6.07, 6.45) is 6.59. The Bertz CT molecular complexity index is 2560. The molecule has 0 amide bonds. The molecule has 71 heavy (non-hydrogen) atoms. The first-order valence-corrected chi connectivity index (χ1v) is 28.0. The van der Waals surface area contributed by atoms with Gasteiger partial charge in [-0.2, -0.15) is 0 Å². The number of rotatable bonds is 15. The van der Waals surface area contributed by atoms with Crippen molar-refractivity contribution in [1.29, 1.82) is 0 Å². The van der Waals surface area contributed by atoms with Crippen molar-refractivity contribution in [3.63, 3.8) is 0 Å². The molecule has 4 aromatic rings. The topological polar surface area (TPSA) is 207 Å². The quantitative estimate of drug-likeness (QED) is 0.0613. The average molecular weight is 1080 g/mol. The van der Waals surface area contributed by atoms with Crippen molar-refractivity contribution < 1.29 is 52.9 Å². The number of nitrogens with two attached hydrogens (primary N) is 1. The molecular weight excluding hydrogens is 1010 g/mol. The minimum atomic E-state index is -2.73. The molecule has 7 N–H and O–H groups in total. The van der Waals surface area contributed by atoms with Gasteiger partial charge in [0.1, 0.15) is 11.4 Å². The molecule has 0 spiro atoms. The first kappa shape index (κ1) is 61.5. The third-order valence-corrected chi connectivity index (χ3v) is 14.9. The van der Waals surface area contributed by atoms with E-state index >= 15 is 0 Å². The van der Waals surface area contributed by atoms with E-state index in [1.165, 1.54) is 12.7 Å². The Kier molecular flexibility index (Phi) is 22.9. The second-order valence-electron chi connectivity index (χ2n) is 19.7. The van der Waals surface area contributed by atoms with E-state index in [4.69, 9.17) is 63.9 Å². The number of nitrogens with one attached hydrogen (secondary N) is 1. The van der Waals surface area contributed by atoms with Gasteiger partial charge in [-0.1, -0.05) is 159 Å². The fraction of sp³-hybridized carbons (Fsp3) is 0.453. The third-order valence-electron chi connectivity index (χ3n) is 11.8. The number of carboxylic acids is 2. The fourth-order valence-electron chi connectivity index (χ4n) is 7.72. The lowest BCUT2D eigenvalue weighted by Gasteiger charge is -2.36. The van der Waals surface area contributed by atoms with Crippen LogP contribution in [0.1, 0.15) is 135 Å². The number of allylic oxidation sites excluding steroid dienone is 1. The van der Waals surface area contributed by atoms with Crippen molar-refractivity contribution in [3.8, 4) is 16.9 Å². The Hall–Kier alpha value is -3.75. The summed E-state index contributed by atoms with van der Waals surface area (Å²) in [5.74, 6) is -2.55. The zero-order valence-corrected chi connectivity index (χ0v) is 47.0. The number of ether oxygens (including phenoxy) is 1. The van der Waals surface area contributed by atoms with E-state index in [9.17, 15) is 29.5 Å². The third kappa shape index (κ3) is 16.9. The Morgan fingerprint density at radius 3 is 1.96 bits per heavy atom. The SMILES string of the molecule is CCCCC1C(=O)C=C(C(=O)O)OC1(C)C.CCCCc1cccc2c1C(O)(C(=O)O)c1ccccc1-2.CNP(O)OCc1ccc(C(C)(C)C)cc1Cl.COP(N)(=S)Oc1ccc(C(C)(C)C)cc1Cl. The van der Waals surface area contributed by atoms with E-state index in [-0.39, 0.29) is 28.3 Å². The molecule has 0 aromatic heterocycles. The molecule has 0 saturated carbocycles. The summed E-state index contributed by atoms with van der Waals surface area (Å²) in [5.41, 5.74) is 9.91. The molecule has 6 rings (SSSR count). The smallest absolute Gasteiger partial charge is 0.371 e. The summed E-state index contributed by atoms with van der Waals surface area (Å²) in [5, 5.41) is 33.2. The number of benzene rings is 4. The van der Waals surface area contributed by atoms with Gasteiger partial charge in [0.15, 0.2) is 5.78 Å². The molecule has 390 valence electrons. The van der Waals surface area contributed by atoms with Gasteiger partial charge in [0.05, 0.1) is 17.5 Å². The molecule has 4 atom stereocenters. The lowest BCUT2D eigenvalue weighted by Crippen LogP contribution is -2.43. The molecule has 0 fully saturated rings. The Morgan fingerprint density at radius 1 is 0.873 bits per heavy atom.